The van der Waals surface area contributed by atoms with Crippen LogP contribution in [0.1, 0.15) is 16.1 Å². The highest BCUT2D eigenvalue weighted by Gasteiger charge is 2.10. The van der Waals surface area contributed by atoms with Crippen molar-refractivity contribution in [1.82, 2.24) is 24.8 Å². The van der Waals surface area contributed by atoms with E-state index >= 15 is 0 Å². The van der Waals surface area contributed by atoms with Gasteiger partial charge in [-0.2, -0.15) is 0 Å². The second-order valence-electron chi connectivity index (χ2n) is 5.66. The van der Waals surface area contributed by atoms with Crippen LogP contribution in [-0.2, 0) is 4.79 Å². The molecule has 0 fully saturated rings. The molecule has 0 spiro atoms. The van der Waals surface area contributed by atoms with Crippen molar-refractivity contribution in [2.45, 2.75) is 0 Å². The SMILES string of the molecule is CN(C)C(=O)/C=C/c1cncc(Nc2nccc(C(=O)N(C)C)n2)c1. The Kier molecular flexibility index (Phi) is 5.78. The molecule has 0 bridgehead atoms. The van der Waals surface area contributed by atoms with Gasteiger partial charge in [0.2, 0.25) is 11.9 Å². The molecule has 0 aliphatic heterocycles. The molecule has 1 N–H and O–H groups in total. The molecule has 0 radical (unpaired) electrons. The Labute approximate surface area is 146 Å². The first kappa shape index (κ1) is 18.1. The number of rotatable bonds is 5. The van der Waals surface area contributed by atoms with Crippen LogP contribution in [0, 0.1) is 0 Å². The monoisotopic (exact) mass is 340 g/mol. The first-order chi connectivity index (χ1) is 11.9. The lowest BCUT2D eigenvalue weighted by molar-refractivity contribution is -0.123. The summed E-state index contributed by atoms with van der Waals surface area (Å²) in [5.74, 6) is -0.0287. The number of carbonyl (C=O) groups is 2. The van der Waals surface area contributed by atoms with Gasteiger partial charge in [0.25, 0.3) is 5.91 Å². The molecule has 130 valence electrons. The normalized spacial score (nSPS) is 10.6. The highest BCUT2D eigenvalue weighted by Crippen LogP contribution is 2.14. The van der Waals surface area contributed by atoms with Crippen molar-refractivity contribution in [3.05, 3.63) is 48.1 Å². The van der Waals surface area contributed by atoms with E-state index in [0.717, 1.165) is 5.56 Å². The molecule has 8 nitrogen and oxygen atoms in total. The summed E-state index contributed by atoms with van der Waals surface area (Å²) in [6.45, 7) is 0. The maximum Gasteiger partial charge on any atom is 0.272 e. The van der Waals surface area contributed by atoms with E-state index in [-0.39, 0.29) is 11.8 Å². The summed E-state index contributed by atoms with van der Waals surface area (Å²) in [5.41, 5.74) is 1.69. The predicted molar refractivity (Wildman–Crippen MR) is 95.3 cm³/mol. The quantitative estimate of drug-likeness (QED) is 0.828. The molecule has 2 rings (SSSR count). The molecular formula is C17H20N6O2. The van der Waals surface area contributed by atoms with E-state index in [1.807, 2.05) is 0 Å². The molecule has 8 heteroatoms. The molecule has 0 aromatic carbocycles. The molecule has 0 aliphatic rings. The zero-order valence-electron chi connectivity index (χ0n) is 14.6. The number of carbonyl (C=O) groups excluding carboxylic acids is 2. The number of nitrogens with zero attached hydrogens (tertiary/aromatic N) is 5. The number of hydrogen-bond donors (Lipinski definition) is 1. The number of likely N-dealkylation sites (N-methyl/N-ethyl adjacent to an activating group) is 1. The molecule has 0 saturated heterocycles. The van der Waals surface area contributed by atoms with Crippen LogP contribution in [0.5, 0.6) is 0 Å². The molecule has 0 atom stereocenters. The van der Waals surface area contributed by atoms with Crippen LogP contribution >= 0.6 is 0 Å². The standard InChI is InChI=1S/C17H20N6O2/c1-22(2)15(24)6-5-12-9-13(11-18-10-12)20-17-19-8-7-14(21-17)16(25)23(3)4/h5-11H,1-4H3,(H,19,20,21)/b6-5+. The Bertz CT molecular complexity index is 801. The third-order valence-electron chi connectivity index (χ3n) is 3.16. The molecule has 2 aromatic rings. The fourth-order valence-corrected chi connectivity index (χ4v) is 1.83. The van der Waals surface area contributed by atoms with Crippen molar-refractivity contribution in [2.75, 3.05) is 33.5 Å². The molecule has 2 amide bonds. The maximum atomic E-state index is 12.0. The van der Waals surface area contributed by atoms with Gasteiger partial charge < -0.3 is 15.1 Å². The summed E-state index contributed by atoms with van der Waals surface area (Å²) in [6.07, 6.45) is 7.90. The minimum atomic E-state index is -0.206. The van der Waals surface area contributed by atoms with E-state index in [9.17, 15) is 9.59 Å². The summed E-state index contributed by atoms with van der Waals surface area (Å²) >= 11 is 0. The smallest absolute Gasteiger partial charge is 0.272 e. The molecule has 2 aromatic heterocycles. The van der Waals surface area contributed by atoms with E-state index in [1.54, 1.807) is 58.8 Å². The van der Waals surface area contributed by atoms with Gasteiger partial charge in [-0.05, 0) is 23.8 Å². The van der Waals surface area contributed by atoms with Gasteiger partial charge in [0.1, 0.15) is 5.69 Å². The van der Waals surface area contributed by atoms with Gasteiger partial charge in [-0.3, -0.25) is 14.6 Å². The Balaban J connectivity index is 2.16. The summed E-state index contributed by atoms with van der Waals surface area (Å²) in [6, 6.07) is 3.36. The Hall–Kier alpha value is -3.29. The minimum Gasteiger partial charge on any atom is -0.345 e. The number of nitrogens with one attached hydrogen (secondary N) is 1. The van der Waals surface area contributed by atoms with Crippen molar-refractivity contribution in [3.63, 3.8) is 0 Å². The summed E-state index contributed by atoms with van der Waals surface area (Å²) in [5, 5.41) is 3.00. The first-order valence-corrected chi connectivity index (χ1v) is 7.53. The van der Waals surface area contributed by atoms with Crippen LogP contribution in [0.15, 0.2) is 36.8 Å². The molecule has 2 heterocycles. The van der Waals surface area contributed by atoms with Crippen LogP contribution in [0.3, 0.4) is 0 Å². The number of amides is 2. The number of anilines is 2. The summed E-state index contributed by atoms with van der Waals surface area (Å²) < 4.78 is 0. The minimum absolute atomic E-state index is 0.114. The van der Waals surface area contributed by atoms with Gasteiger partial charge in [0.05, 0.1) is 11.9 Å². The molecule has 25 heavy (non-hydrogen) atoms. The predicted octanol–water partition coefficient (Wildman–Crippen LogP) is 1.42. The Morgan fingerprint density at radius 1 is 1.12 bits per heavy atom. The third-order valence-corrected chi connectivity index (χ3v) is 3.16. The van der Waals surface area contributed by atoms with Gasteiger partial charge in [-0.1, -0.05) is 0 Å². The van der Waals surface area contributed by atoms with E-state index in [4.69, 9.17) is 0 Å². The van der Waals surface area contributed by atoms with Gasteiger partial charge in [-0.25, -0.2) is 9.97 Å². The van der Waals surface area contributed by atoms with Crippen molar-refractivity contribution in [2.24, 2.45) is 0 Å². The molecular weight excluding hydrogens is 320 g/mol. The van der Waals surface area contributed by atoms with Crippen LogP contribution in [0.4, 0.5) is 11.6 Å². The average molecular weight is 340 g/mol. The Morgan fingerprint density at radius 2 is 1.88 bits per heavy atom. The lowest BCUT2D eigenvalue weighted by Crippen LogP contribution is -2.23. The summed E-state index contributed by atoms with van der Waals surface area (Å²) in [7, 11) is 6.68. The van der Waals surface area contributed by atoms with E-state index in [2.05, 4.69) is 20.3 Å². The van der Waals surface area contributed by atoms with Crippen LogP contribution in [0.2, 0.25) is 0 Å². The van der Waals surface area contributed by atoms with Gasteiger partial charge in [0, 0.05) is 46.7 Å². The van der Waals surface area contributed by atoms with Crippen molar-refractivity contribution < 1.29 is 9.59 Å². The van der Waals surface area contributed by atoms with E-state index < -0.39 is 0 Å². The summed E-state index contributed by atoms with van der Waals surface area (Å²) in [4.78, 5) is 38.9. The lowest BCUT2D eigenvalue weighted by atomic mass is 10.2. The van der Waals surface area contributed by atoms with Crippen LogP contribution in [-0.4, -0.2) is 64.8 Å². The van der Waals surface area contributed by atoms with Crippen molar-refractivity contribution >= 4 is 29.5 Å². The third kappa shape index (κ3) is 5.10. The fraction of sp³-hybridized carbons (Fsp3) is 0.235. The average Bonchev–Trinajstić information content (AvgIpc) is 2.59. The van der Waals surface area contributed by atoms with Crippen molar-refractivity contribution in [1.29, 1.82) is 0 Å². The van der Waals surface area contributed by atoms with Crippen molar-refractivity contribution in [3.8, 4) is 0 Å². The first-order valence-electron chi connectivity index (χ1n) is 7.53. The lowest BCUT2D eigenvalue weighted by Gasteiger charge is -2.10. The zero-order valence-corrected chi connectivity index (χ0v) is 14.6. The zero-order chi connectivity index (χ0) is 18.4. The van der Waals surface area contributed by atoms with Gasteiger partial charge in [0.15, 0.2) is 0 Å². The number of pyridine rings is 1. The van der Waals surface area contributed by atoms with Crippen LogP contribution in [0.25, 0.3) is 6.08 Å². The van der Waals surface area contributed by atoms with Gasteiger partial charge >= 0.3 is 0 Å². The molecule has 0 aliphatic carbocycles. The highest BCUT2D eigenvalue weighted by molar-refractivity contribution is 5.92. The Morgan fingerprint density at radius 3 is 2.56 bits per heavy atom. The largest absolute Gasteiger partial charge is 0.345 e. The maximum absolute atomic E-state index is 12.0. The second-order valence-corrected chi connectivity index (χ2v) is 5.66. The molecule has 0 unspecified atom stereocenters. The number of aromatic nitrogens is 3. The molecule has 0 saturated carbocycles. The number of hydrogen-bond acceptors (Lipinski definition) is 6. The van der Waals surface area contributed by atoms with Gasteiger partial charge in [-0.15, -0.1) is 0 Å². The fourth-order valence-electron chi connectivity index (χ4n) is 1.83. The highest BCUT2D eigenvalue weighted by atomic mass is 16.2. The van der Waals surface area contributed by atoms with Crippen LogP contribution < -0.4 is 5.32 Å². The van der Waals surface area contributed by atoms with E-state index in [1.165, 1.54) is 22.1 Å². The second kappa shape index (κ2) is 8.00. The topological polar surface area (TPSA) is 91.3 Å². The van der Waals surface area contributed by atoms with E-state index in [0.29, 0.717) is 17.3 Å².